The molecule has 0 bridgehead atoms. The lowest BCUT2D eigenvalue weighted by Gasteiger charge is -2.18. The number of aliphatic hydroxyl groups is 1. The predicted octanol–water partition coefficient (Wildman–Crippen LogP) is 2.18. The van der Waals surface area contributed by atoms with Crippen molar-refractivity contribution in [2.75, 3.05) is 18.1 Å². The van der Waals surface area contributed by atoms with Crippen LogP contribution in [-0.2, 0) is 4.79 Å². The first-order valence-corrected chi connectivity index (χ1v) is 6.18. The monoisotopic (exact) mass is 241 g/mol. The molecule has 1 N–H and O–H groups in total. The van der Waals surface area contributed by atoms with E-state index in [1.807, 2.05) is 42.5 Å². The quantitative estimate of drug-likeness (QED) is 0.875. The Morgan fingerprint density at radius 1 is 1.17 bits per heavy atom. The number of amides is 1. The third kappa shape index (κ3) is 1.77. The van der Waals surface area contributed by atoms with E-state index < -0.39 is 0 Å². The Kier molecular flexibility index (Phi) is 2.76. The van der Waals surface area contributed by atoms with E-state index >= 15 is 0 Å². The fraction of sp³-hybridized carbons (Fsp3) is 0.267. The maximum Gasteiger partial charge on any atom is 0.227 e. The number of carbonyl (C=O) groups excluding carboxylic acids is 1. The van der Waals surface area contributed by atoms with Gasteiger partial charge in [0.25, 0.3) is 0 Å². The standard InChI is InChI=1S/C15H15NO2/c17-10-11-8-15(18)16(9-11)14-7-3-5-12-4-1-2-6-13(12)14/h1-7,11,17H,8-10H2. The minimum atomic E-state index is 0.0662. The Bertz CT molecular complexity index is 589. The highest BCUT2D eigenvalue weighted by atomic mass is 16.3. The lowest BCUT2D eigenvalue weighted by Crippen LogP contribution is -2.25. The molecule has 0 spiro atoms. The SMILES string of the molecule is O=C1CC(CO)CN1c1cccc2ccccc12. The summed E-state index contributed by atoms with van der Waals surface area (Å²) in [6, 6.07) is 14.0. The Hall–Kier alpha value is -1.87. The maximum absolute atomic E-state index is 12.0. The molecule has 1 heterocycles. The molecular formula is C15H15NO2. The topological polar surface area (TPSA) is 40.5 Å². The van der Waals surface area contributed by atoms with Crippen LogP contribution in [0.1, 0.15) is 6.42 Å². The number of carbonyl (C=O) groups is 1. The van der Waals surface area contributed by atoms with E-state index in [1.54, 1.807) is 4.90 Å². The number of nitrogens with zero attached hydrogens (tertiary/aromatic N) is 1. The van der Waals surface area contributed by atoms with Crippen LogP contribution in [-0.4, -0.2) is 24.2 Å². The molecule has 0 saturated carbocycles. The number of hydrogen-bond acceptors (Lipinski definition) is 2. The Morgan fingerprint density at radius 2 is 1.94 bits per heavy atom. The van der Waals surface area contributed by atoms with Gasteiger partial charge in [-0.1, -0.05) is 36.4 Å². The normalized spacial score (nSPS) is 19.7. The molecule has 1 saturated heterocycles. The molecule has 92 valence electrons. The number of hydrogen-bond donors (Lipinski definition) is 1. The fourth-order valence-electron chi connectivity index (χ4n) is 2.58. The van der Waals surface area contributed by atoms with E-state index in [9.17, 15) is 9.90 Å². The molecular weight excluding hydrogens is 226 g/mol. The molecule has 1 amide bonds. The van der Waals surface area contributed by atoms with Gasteiger partial charge in [0.05, 0.1) is 5.69 Å². The van der Waals surface area contributed by atoms with Gasteiger partial charge in [-0.15, -0.1) is 0 Å². The van der Waals surface area contributed by atoms with Crippen molar-refractivity contribution in [3.63, 3.8) is 0 Å². The zero-order chi connectivity index (χ0) is 12.5. The van der Waals surface area contributed by atoms with E-state index in [2.05, 4.69) is 0 Å². The zero-order valence-corrected chi connectivity index (χ0v) is 10.0. The molecule has 1 unspecified atom stereocenters. The van der Waals surface area contributed by atoms with E-state index in [4.69, 9.17) is 0 Å². The van der Waals surface area contributed by atoms with Crippen molar-refractivity contribution in [2.24, 2.45) is 5.92 Å². The number of anilines is 1. The van der Waals surface area contributed by atoms with Gasteiger partial charge in [-0.25, -0.2) is 0 Å². The molecule has 1 aliphatic heterocycles. The van der Waals surface area contributed by atoms with Crippen LogP contribution < -0.4 is 4.90 Å². The van der Waals surface area contributed by atoms with Crippen LogP contribution in [0.3, 0.4) is 0 Å². The Labute approximate surface area is 106 Å². The molecule has 3 heteroatoms. The average Bonchev–Trinajstić information content (AvgIpc) is 2.79. The Morgan fingerprint density at radius 3 is 2.72 bits per heavy atom. The van der Waals surface area contributed by atoms with Gasteiger partial charge in [-0.2, -0.15) is 0 Å². The first kappa shape index (κ1) is 11.2. The lowest BCUT2D eigenvalue weighted by atomic mass is 10.1. The summed E-state index contributed by atoms with van der Waals surface area (Å²) in [6.07, 6.45) is 0.444. The first-order valence-electron chi connectivity index (χ1n) is 6.18. The van der Waals surface area contributed by atoms with Crippen LogP contribution in [0.4, 0.5) is 5.69 Å². The van der Waals surface area contributed by atoms with E-state index in [1.165, 1.54) is 0 Å². The maximum atomic E-state index is 12.0. The molecule has 1 aliphatic rings. The van der Waals surface area contributed by atoms with Crippen molar-refractivity contribution >= 4 is 22.4 Å². The van der Waals surface area contributed by atoms with Crippen LogP contribution in [0.25, 0.3) is 10.8 Å². The van der Waals surface area contributed by atoms with Gasteiger partial charge in [-0.3, -0.25) is 4.79 Å². The van der Waals surface area contributed by atoms with Crippen LogP contribution in [0.15, 0.2) is 42.5 Å². The molecule has 0 radical (unpaired) electrons. The molecule has 3 rings (SSSR count). The van der Waals surface area contributed by atoms with E-state index in [0.29, 0.717) is 13.0 Å². The number of aliphatic hydroxyl groups excluding tert-OH is 1. The molecule has 0 aromatic heterocycles. The van der Waals surface area contributed by atoms with E-state index in [-0.39, 0.29) is 18.4 Å². The third-order valence-electron chi connectivity index (χ3n) is 3.52. The smallest absolute Gasteiger partial charge is 0.227 e. The van der Waals surface area contributed by atoms with E-state index in [0.717, 1.165) is 16.5 Å². The molecule has 0 aliphatic carbocycles. The van der Waals surface area contributed by atoms with Crippen molar-refractivity contribution in [3.8, 4) is 0 Å². The summed E-state index contributed by atoms with van der Waals surface area (Å²) in [4.78, 5) is 13.8. The van der Waals surface area contributed by atoms with Crippen molar-refractivity contribution in [1.82, 2.24) is 0 Å². The molecule has 2 aromatic carbocycles. The predicted molar refractivity (Wildman–Crippen MR) is 71.5 cm³/mol. The van der Waals surface area contributed by atoms with Crippen LogP contribution in [0.5, 0.6) is 0 Å². The summed E-state index contributed by atoms with van der Waals surface area (Å²) in [6.45, 7) is 0.691. The van der Waals surface area contributed by atoms with Crippen molar-refractivity contribution in [2.45, 2.75) is 6.42 Å². The summed E-state index contributed by atoms with van der Waals surface area (Å²) >= 11 is 0. The van der Waals surface area contributed by atoms with Gasteiger partial charge in [0, 0.05) is 30.9 Å². The highest BCUT2D eigenvalue weighted by molar-refractivity contribution is 6.04. The van der Waals surface area contributed by atoms with Crippen LogP contribution in [0, 0.1) is 5.92 Å². The Balaban J connectivity index is 2.07. The first-order chi connectivity index (χ1) is 8.79. The molecule has 2 aromatic rings. The van der Waals surface area contributed by atoms with Crippen LogP contribution in [0.2, 0.25) is 0 Å². The second kappa shape index (κ2) is 4.42. The molecule has 1 atom stereocenters. The number of rotatable bonds is 2. The average molecular weight is 241 g/mol. The van der Waals surface area contributed by atoms with Crippen molar-refractivity contribution < 1.29 is 9.90 Å². The lowest BCUT2D eigenvalue weighted by molar-refractivity contribution is -0.117. The van der Waals surface area contributed by atoms with Gasteiger partial charge >= 0.3 is 0 Å². The summed E-state index contributed by atoms with van der Waals surface area (Å²) in [5, 5.41) is 11.4. The van der Waals surface area contributed by atoms with Gasteiger partial charge in [0.2, 0.25) is 5.91 Å². The van der Waals surface area contributed by atoms with Gasteiger partial charge < -0.3 is 10.0 Å². The molecule has 18 heavy (non-hydrogen) atoms. The van der Waals surface area contributed by atoms with Crippen molar-refractivity contribution in [3.05, 3.63) is 42.5 Å². The highest BCUT2D eigenvalue weighted by Gasteiger charge is 2.30. The molecule has 1 fully saturated rings. The van der Waals surface area contributed by atoms with Crippen LogP contribution >= 0.6 is 0 Å². The second-order valence-electron chi connectivity index (χ2n) is 4.76. The third-order valence-corrected chi connectivity index (χ3v) is 3.52. The number of benzene rings is 2. The van der Waals surface area contributed by atoms with Gasteiger partial charge in [0.1, 0.15) is 0 Å². The summed E-state index contributed by atoms with van der Waals surface area (Å²) < 4.78 is 0. The zero-order valence-electron chi connectivity index (χ0n) is 10.0. The minimum absolute atomic E-state index is 0.0662. The largest absolute Gasteiger partial charge is 0.396 e. The summed E-state index contributed by atoms with van der Waals surface area (Å²) in [5.41, 5.74) is 0.953. The summed E-state index contributed by atoms with van der Waals surface area (Å²) in [7, 11) is 0. The molecule has 3 nitrogen and oxygen atoms in total. The van der Waals surface area contributed by atoms with Gasteiger partial charge in [-0.05, 0) is 11.5 Å². The fourth-order valence-corrected chi connectivity index (χ4v) is 2.58. The highest BCUT2D eigenvalue weighted by Crippen LogP contribution is 2.31. The second-order valence-corrected chi connectivity index (χ2v) is 4.76. The number of fused-ring (bicyclic) bond motifs is 1. The van der Waals surface area contributed by atoms with Crippen molar-refractivity contribution in [1.29, 1.82) is 0 Å². The minimum Gasteiger partial charge on any atom is -0.396 e. The summed E-state index contributed by atoms with van der Waals surface area (Å²) in [5.74, 6) is 0.168. The van der Waals surface area contributed by atoms with Gasteiger partial charge in [0.15, 0.2) is 0 Å².